The summed E-state index contributed by atoms with van der Waals surface area (Å²) in [4.78, 5) is 0. The van der Waals surface area contributed by atoms with E-state index >= 15 is 0 Å². The number of hydrogen-bond acceptors (Lipinski definition) is 2. The van der Waals surface area contributed by atoms with Crippen LogP contribution in [0, 0.1) is 5.92 Å². The monoisotopic (exact) mass is 227 g/mol. The van der Waals surface area contributed by atoms with E-state index in [4.69, 9.17) is 4.74 Å². The molecule has 1 N–H and O–H groups in total. The Balaban J connectivity index is 2.40. The summed E-state index contributed by atoms with van der Waals surface area (Å²) in [6.07, 6.45) is 9.51. The topological polar surface area (TPSA) is 21.3 Å². The van der Waals surface area contributed by atoms with Crippen molar-refractivity contribution in [3.8, 4) is 0 Å². The Hall–Kier alpha value is -0.0800. The molecule has 1 fully saturated rings. The first kappa shape index (κ1) is 14.0. The van der Waals surface area contributed by atoms with Gasteiger partial charge in [-0.2, -0.15) is 0 Å². The summed E-state index contributed by atoms with van der Waals surface area (Å²) in [7, 11) is 1.80. The number of methoxy groups -OCH3 is 1. The Morgan fingerprint density at radius 3 is 2.62 bits per heavy atom. The van der Waals surface area contributed by atoms with E-state index in [-0.39, 0.29) is 0 Å². The fourth-order valence-electron chi connectivity index (χ4n) is 2.93. The maximum Gasteiger partial charge on any atom is 0.0615 e. The summed E-state index contributed by atoms with van der Waals surface area (Å²) in [6.45, 7) is 5.40. The SMILES string of the molecule is CCCC1CCCCC1NC(CC)COC. The fourth-order valence-corrected chi connectivity index (χ4v) is 2.93. The van der Waals surface area contributed by atoms with Gasteiger partial charge in [0.25, 0.3) is 0 Å². The summed E-state index contributed by atoms with van der Waals surface area (Å²) in [5.74, 6) is 0.907. The molecule has 0 aliphatic heterocycles. The largest absolute Gasteiger partial charge is 0.383 e. The van der Waals surface area contributed by atoms with Gasteiger partial charge in [0.15, 0.2) is 0 Å². The summed E-state index contributed by atoms with van der Waals surface area (Å²) in [5, 5.41) is 3.82. The average Bonchev–Trinajstić information content (AvgIpc) is 2.31. The lowest BCUT2D eigenvalue weighted by atomic mass is 9.81. The van der Waals surface area contributed by atoms with Crippen LogP contribution in [0.15, 0.2) is 0 Å². The molecule has 0 radical (unpaired) electrons. The van der Waals surface area contributed by atoms with E-state index in [0.29, 0.717) is 6.04 Å². The summed E-state index contributed by atoms with van der Waals surface area (Å²) < 4.78 is 5.27. The molecule has 16 heavy (non-hydrogen) atoms. The van der Waals surface area contributed by atoms with Crippen LogP contribution in [0.3, 0.4) is 0 Å². The van der Waals surface area contributed by atoms with Crippen molar-refractivity contribution in [3.05, 3.63) is 0 Å². The van der Waals surface area contributed by atoms with Gasteiger partial charge in [-0.15, -0.1) is 0 Å². The lowest BCUT2D eigenvalue weighted by Gasteiger charge is -2.35. The van der Waals surface area contributed by atoms with E-state index < -0.39 is 0 Å². The molecule has 0 aromatic carbocycles. The van der Waals surface area contributed by atoms with E-state index in [1.165, 1.54) is 44.9 Å². The second-order valence-electron chi connectivity index (χ2n) is 5.17. The van der Waals surface area contributed by atoms with Crippen LogP contribution in [0.5, 0.6) is 0 Å². The molecular formula is C14H29NO. The van der Waals surface area contributed by atoms with Gasteiger partial charge in [-0.25, -0.2) is 0 Å². The van der Waals surface area contributed by atoms with E-state index in [1.807, 2.05) is 0 Å². The number of rotatable bonds is 7. The van der Waals surface area contributed by atoms with Gasteiger partial charge < -0.3 is 10.1 Å². The zero-order valence-electron chi connectivity index (χ0n) is 11.3. The molecular weight excluding hydrogens is 198 g/mol. The smallest absolute Gasteiger partial charge is 0.0615 e. The molecule has 0 spiro atoms. The van der Waals surface area contributed by atoms with E-state index in [1.54, 1.807) is 7.11 Å². The highest BCUT2D eigenvalue weighted by molar-refractivity contribution is 4.83. The number of ether oxygens (including phenoxy) is 1. The molecule has 1 aliphatic rings. The molecule has 1 saturated carbocycles. The minimum Gasteiger partial charge on any atom is -0.383 e. The predicted molar refractivity (Wildman–Crippen MR) is 69.7 cm³/mol. The van der Waals surface area contributed by atoms with Crippen molar-refractivity contribution in [3.63, 3.8) is 0 Å². The normalized spacial score (nSPS) is 27.9. The van der Waals surface area contributed by atoms with Crippen molar-refractivity contribution < 1.29 is 4.74 Å². The Morgan fingerprint density at radius 2 is 2.00 bits per heavy atom. The molecule has 2 heteroatoms. The third-order valence-corrected chi connectivity index (χ3v) is 3.88. The second-order valence-corrected chi connectivity index (χ2v) is 5.17. The molecule has 0 amide bonds. The molecule has 0 heterocycles. The maximum absolute atomic E-state index is 5.27. The first-order chi connectivity index (χ1) is 7.81. The zero-order chi connectivity index (χ0) is 11.8. The summed E-state index contributed by atoms with van der Waals surface area (Å²) >= 11 is 0. The Morgan fingerprint density at radius 1 is 1.25 bits per heavy atom. The molecule has 3 atom stereocenters. The Labute approximate surface area is 101 Å². The van der Waals surface area contributed by atoms with Crippen LogP contribution in [0.1, 0.15) is 58.8 Å². The highest BCUT2D eigenvalue weighted by Crippen LogP contribution is 2.28. The molecule has 1 rings (SSSR count). The van der Waals surface area contributed by atoms with Crippen molar-refractivity contribution >= 4 is 0 Å². The van der Waals surface area contributed by atoms with Crippen molar-refractivity contribution in [1.82, 2.24) is 5.32 Å². The number of nitrogens with one attached hydrogen (secondary N) is 1. The van der Waals surface area contributed by atoms with Crippen LogP contribution in [0.25, 0.3) is 0 Å². The molecule has 0 aromatic rings. The van der Waals surface area contributed by atoms with Crippen molar-refractivity contribution in [1.29, 1.82) is 0 Å². The average molecular weight is 227 g/mol. The van der Waals surface area contributed by atoms with Gasteiger partial charge in [-0.1, -0.05) is 33.1 Å². The first-order valence-electron chi connectivity index (χ1n) is 7.06. The van der Waals surface area contributed by atoms with Gasteiger partial charge in [-0.3, -0.25) is 0 Å². The van der Waals surface area contributed by atoms with E-state index in [9.17, 15) is 0 Å². The molecule has 1 aliphatic carbocycles. The lowest BCUT2D eigenvalue weighted by Crippen LogP contribution is -2.45. The van der Waals surface area contributed by atoms with Crippen LogP contribution in [-0.2, 0) is 4.74 Å². The van der Waals surface area contributed by atoms with Crippen LogP contribution in [-0.4, -0.2) is 25.8 Å². The van der Waals surface area contributed by atoms with Crippen LogP contribution < -0.4 is 5.32 Å². The van der Waals surface area contributed by atoms with Gasteiger partial charge in [0.2, 0.25) is 0 Å². The molecule has 0 bridgehead atoms. The zero-order valence-corrected chi connectivity index (χ0v) is 11.3. The summed E-state index contributed by atoms with van der Waals surface area (Å²) in [6, 6.07) is 1.29. The predicted octanol–water partition coefficient (Wildman–Crippen LogP) is 3.36. The fraction of sp³-hybridized carbons (Fsp3) is 1.00. The highest BCUT2D eigenvalue weighted by Gasteiger charge is 2.25. The van der Waals surface area contributed by atoms with Gasteiger partial charge in [0, 0.05) is 19.2 Å². The highest BCUT2D eigenvalue weighted by atomic mass is 16.5. The van der Waals surface area contributed by atoms with Crippen LogP contribution >= 0.6 is 0 Å². The Bertz CT molecular complexity index is 170. The van der Waals surface area contributed by atoms with E-state index in [2.05, 4.69) is 19.2 Å². The quantitative estimate of drug-likeness (QED) is 0.720. The molecule has 0 aromatic heterocycles. The molecule has 96 valence electrons. The molecule has 0 saturated heterocycles. The second kappa shape index (κ2) is 8.08. The maximum atomic E-state index is 5.27. The molecule has 2 nitrogen and oxygen atoms in total. The third kappa shape index (κ3) is 4.42. The van der Waals surface area contributed by atoms with Crippen LogP contribution in [0.2, 0.25) is 0 Å². The van der Waals surface area contributed by atoms with E-state index in [0.717, 1.165) is 18.6 Å². The Kier molecular flexibility index (Phi) is 7.06. The lowest BCUT2D eigenvalue weighted by molar-refractivity contribution is 0.140. The van der Waals surface area contributed by atoms with Crippen LogP contribution in [0.4, 0.5) is 0 Å². The van der Waals surface area contributed by atoms with Crippen molar-refractivity contribution in [2.24, 2.45) is 5.92 Å². The van der Waals surface area contributed by atoms with Gasteiger partial charge in [0.05, 0.1) is 6.61 Å². The summed E-state index contributed by atoms with van der Waals surface area (Å²) in [5.41, 5.74) is 0. The minimum atomic E-state index is 0.549. The minimum absolute atomic E-state index is 0.549. The van der Waals surface area contributed by atoms with Gasteiger partial charge in [-0.05, 0) is 31.6 Å². The standard InChI is InChI=1S/C14H29NO/c1-4-8-12-9-6-7-10-14(12)15-13(5-2)11-16-3/h12-15H,4-11H2,1-3H3. The van der Waals surface area contributed by atoms with Crippen molar-refractivity contribution in [2.45, 2.75) is 70.9 Å². The number of hydrogen-bond donors (Lipinski definition) is 1. The van der Waals surface area contributed by atoms with Crippen molar-refractivity contribution in [2.75, 3.05) is 13.7 Å². The molecule has 3 unspecified atom stereocenters. The van der Waals surface area contributed by atoms with Gasteiger partial charge >= 0.3 is 0 Å². The van der Waals surface area contributed by atoms with Gasteiger partial charge in [0.1, 0.15) is 0 Å². The first-order valence-corrected chi connectivity index (χ1v) is 7.06. The third-order valence-electron chi connectivity index (χ3n) is 3.88.